The van der Waals surface area contributed by atoms with Gasteiger partial charge in [0.25, 0.3) is 0 Å². The number of hydrogen-bond acceptors (Lipinski definition) is 15. The van der Waals surface area contributed by atoms with Crippen molar-refractivity contribution >= 4 is 39.5 Å². The third-order valence-corrected chi connectivity index (χ3v) is 24.0. The minimum Gasteiger partial charge on any atom is -0.462 e. The minimum absolute atomic E-state index is 0.107. The third-order valence-electron chi connectivity index (χ3n) is 22.1. The van der Waals surface area contributed by atoms with Gasteiger partial charge in [0, 0.05) is 25.7 Å². The summed E-state index contributed by atoms with van der Waals surface area (Å²) in [6.45, 7) is 12.1. The molecule has 17 nitrogen and oxygen atoms in total. The maximum absolute atomic E-state index is 13.2. The summed E-state index contributed by atoms with van der Waals surface area (Å²) in [5.74, 6) is 0.325. The predicted molar refractivity (Wildman–Crippen MR) is 455 cm³/mol. The lowest BCUT2D eigenvalue weighted by molar-refractivity contribution is -0.161. The second kappa shape index (κ2) is 80.8. The maximum Gasteiger partial charge on any atom is 0.472 e. The number of aliphatic hydroxyl groups excluding tert-OH is 1. The van der Waals surface area contributed by atoms with Gasteiger partial charge in [0.15, 0.2) is 12.2 Å². The lowest BCUT2D eigenvalue weighted by Gasteiger charge is -2.21. The topological polar surface area (TPSA) is 237 Å². The van der Waals surface area contributed by atoms with Crippen molar-refractivity contribution in [1.29, 1.82) is 0 Å². The number of esters is 4. The molecule has 0 heterocycles. The fourth-order valence-corrected chi connectivity index (χ4v) is 15.8. The fraction of sp³-hybridized carbons (Fsp3) is 0.956. The van der Waals surface area contributed by atoms with Gasteiger partial charge in [-0.1, -0.05) is 434 Å². The van der Waals surface area contributed by atoms with E-state index in [2.05, 4.69) is 48.5 Å². The monoisotopic (exact) mass is 1610 g/mol. The van der Waals surface area contributed by atoms with E-state index in [1.165, 1.54) is 295 Å². The molecule has 0 radical (unpaired) electrons. The van der Waals surface area contributed by atoms with Crippen LogP contribution in [0.3, 0.4) is 0 Å². The molecule has 110 heavy (non-hydrogen) atoms. The Morgan fingerprint density at radius 3 is 0.691 bits per heavy atom. The van der Waals surface area contributed by atoms with Crippen molar-refractivity contribution in [2.45, 2.75) is 503 Å². The second-order valence-electron chi connectivity index (χ2n) is 33.7. The van der Waals surface area contributed by atoms with Crippen LogP contribution in [0.1, 0.15) is 485 Å². The number of carbonyl (C=O) groups excluding carboxylic acids is 4. The number of phosphoric acid groups is 2. The van der Waals surface area contributed by atoms with Gasteiger partial charge in [-0.3, -0.25) is 37.3 Å². The Bertz CT molecular complexity index is 2120. The van der Waals surface area contributed by atoms with E-state index < -0.39 is 97.5 Å². The van der Waals surface area contributed by atoms with Crippen molar-refractivity contribution in [2.75, 3.05) is 39.6 Å². The lowest BCUT2D eigenvalue weighted by atomic mass is 9.99. The smallest absolute Gasteiger partial charge is 0.462 e. The second-order valence-corrected chi connectivity index (χ2v) is 36.6. The van der Waals surface area contributed by atoms with Gasteiger partial charge in [0.1, 0.15) is 19.3 Å². The van der Waals surface area contributed by atoms with E-state index in [0.29, 0.717) is 25.7 Å². The molecule has 0 aliphatic rings. The molecule has 0 aliphatic heterocycles. The quantitative estimate of drug-likeness (QED) is 0.0222. The van der Waals surface area contributed by atoms with Crippen LogP contribution in [0, 0.1) is 17.8 Å². The van der Waals surface area contributed by atoms with Crippen molar-refractivity contribution in [1.82, 2.24) is 0 Å². The van der Waals surface area contributed by atoms with Crippen LogP contribution in [0.4, 0.5) is 0 Å². The first-order valence-electron chi connectivity index (χ1n) is 46.9. The third kappa shape index (κ3) is 81.2. The van der Waals surface area contributed by atoms with E-state index >= 15 is 0 Å². The summed E-state index contributed by atoms with van der Waals surface area (Å²) in [4.78, 5) is 73.4. The normalized spacial score (nSPS) is 14.3. The Kier molecular flexibility index (Phi) is 79.4. The molecule has 0 amide bonds. The van der Waals surface area contributed by atoms with Crippen LogP contribution in [0.25, 0.3) is 0 Å². The summed E-state index contributed by atoms with van der Waals surface area (Å²) >= 11 is 0. The number of ether oxygens (including phenoxy) is 4. The zero-order chi connectivity index (χ0) is 80.8. The summed E-state index contributed by atoms with van der Waals surface area (Å²) in [6.07, 6.45) is 73.6. The predicted octanol–water partition coefficient (Wildman–Crippen LogP) is 28.0. The molecular formula is C91H178O17P2. The molecule has 0 saturated carbocycles. The molecule has 0 aliphatic carbocycles. The Labute approximate surface area is 677 Å². The first-order valence-corrected chi connectivity index (χ1v) is 49.9. The van der Waals surface area contributed by atoms with E-state index in [1.807, 2.05) is 0 Å². The average molecular weight is 1610 g/mol. The number of aliphatic hydroxyl groups is 1. The summed E-state index contributed by atoms with van der Waals surface area (Å²) < 4.78 is 69.1. The first-order chi connectivity index (χ1) is 53.3. The molecule has 7 atom stereocenters. The highest BCUT2D eigenvalue weighted by Gasteiger charge is 2.31. The van der Waals surface area contributed by atoms with Crippen LogP contribution in [0.5, 0.6) is 0 Å². The van der Waals surface area contributed by atoms with Crippen LogP contribution in [-0.4, -0.2) is 96.7 Å². The van der Waals surface area contributed by atoms with Gasteiger partial charge in [0.05, 0.1) is 26.4 Å². The molecule has 0 rings (SSSR count). The number of phosphoric ester groups is 2. The Balaban J connectivity index is 5.24. The van der Waals surface area contributed by atoms with E-state index in [4.69, 9.17) is 37.0 Å². The van der Waals surface area contributed by atoms with Gasteiger partial charge < -0.3 is 33.8 Å². The van der Waals surface area contributed by atoms with Gasteiger partial charge in [-0.15, -0.1) is 0 Å². The molecule has 654 valence electrons. The molecule has 0 saturated heterocycles. The summed E-state index contributed by atoms with van der Waals surface area (Å²) in [6, 6.07) is 0. The maximum atomic E-state index is 13.2. The first kappa shape index (κ1) is 108. The van der Waals surface area contributed by atoms with Crippen molar-refractivity contribution in [3.8, 4) is 0 Å². The highest BCUT2D eigenvalue weighted by molar-refractivity contribution is 7.47. The fourth-order valence-electron chi connectivity index (χ4n) is 14.2. The summed E-state index contributed by atoms with van der Waals surface area (Å²) in [5, 5.41) is 10.7. The SMILES string of the molecule is CCCCCCCCCCCCCCCCCCCCCCCC(=O)OC[C@H](COP(=O)(O)OC[C@@H](O)COP(=O)(O)OC[C@@H](COC(=O)CCCCCCCCCCC(C)CC)OC(=O)CCCCCCCCCCCCCCC(C)C)OC(=O)CCCCCCCCCCCCCCCCCCCCC(C)CC. The van der Waals surface area contributed by atoms with Crippen molar-refractivity contribution < 1.29 is 80.2 Å². The molecule has 0 spiro atoms. The van der Waals surface area contributed by atoms with Gasteiger partial charge in [-0.05, 0) is 43.4 Å². The van der Waals surface area contributed by atoms with Crippen LogP contribution >= 0.6 is 15.6 Å². The van der Waals surface area contributed by atoms with Gasteiger partial charge in [0.2, 0.25) is 0 Å². The molecule has 0 fully saturated rings. The highest BCUT2D eigenvalue weighted by Crippen LogP contribution is 2.45. The average Bonchev–Trinajstić information content (AvgIpc) is 0.896. The summed E-state index contributed by atoms with van der Waals surface area (Å²) in [5.41, 5.74) is 0. The van der Waals surface area contributed by atoms with Crippen LogP contribution < -0.4 is 0 Å². The summed E-state index contributed by atoms with van der Waals surface area (Å²) in [7, 11) is -9.94. The minimum atomic E-state index is -4.97. The number of rotatable bonds is 89. The molecule has 0 bridgehead atoms. The molecule has 4 unspecified atom stereocenters. The Hall–Kier alpha value is -1.94. The van der Waals surface area contributed by atoms with Crippen molar-refractivity contribution in [3.05, 3.63) is 0 Å². The zero-order valence-corrected chi connectivity index (χ0v) is 74.5. The molecule has 19 heteroatoms. The molecular weight excluding hydrogens is 1430 g/mol. The number of carbonyl (C=O) groups is 4. The van der Waals surface area contributed by atoms with Crippen LogP contribution in [0.15, 0.2) is 0 Å². The van der Waals surface area contributed by atoms with Gasteiger partial charge in [-0.2, -0.15) is 0 Å². The zero-order valence-electron chi connectivity index (χ0n) is 72.7. The van der Waals surface area contributed by atoms with Gasteiger partial charge >= 0.3 is 39.5 Å². The molecule has 0 aromatic heterocycles. The van der Waals surface area contributed by atoms with E-state index in [-0.39, 0.29) is 25.7 Å². The largest absolute Gasteiger partial charge is 0.472 e. The molecule has 0 aromatic rings. The van der Waals surface area contributed by atoms with Crippen LogP contribution in [-0.2, 0) is 65.4 Å². The number of unbranched alkanes of at least 4 members (excludes halogenated alkanes) is 55. The van der Waals surface area contributed by atoms with Crippen molar-refractivity contribution in [3.63, 3.8) is 0 Å². The lowest BCUT2D eigenvalue weighted by Crippen LogP contribution is -2.30. The van der Waals surface area contributed by atoms with E-state index in [0.717, 1.165) is 108 Å². The standard InChI is InChI=1S/C91H178O17P2/c1-8-11-12-13-14-15-16-17-18-19-20-21-22-26-29-32-38-43-51-58-65-72-88(93)101-78-86(107-90(95)74-67-60-53-44-39-33-30-27-24-23-25-28-31-37-42-49-56-63-70-83(6)9-2)80-105-109(97,98)103-76-85(92)77-104-110(99,100)106-81-87(79-102-89(94)73-66-59-52-47-46-50-57-64-71-84(7)10-3)108-91(96)75-68-61-54-45-40-35-34-36-41-48-55-62-69-82(4)5/h82-87,92H,8-81H2,1-7H3,(H,97,98)(H,99,100)/t83?,84?,85-,86-,87-/m1/s1. The van der Waals surface area contributed by atoms with Crippen LogP contribution in [0.2, 0.25) is 0 Å². The van der Waals surface area contributed by atoms with Gasteiger partial charge in [-0.25, -0.2) is 9.13 Å². The highest BCUT2D eigenvalue weighted by atomic mass is 31.2. The van der Waals surface area contributed by atoms with E-state index in [9.17, 15) is 43.2 Å². The molecule has 3 N–H and O–H groups in total. The van der Waals surface area contributed by atoms with E-state index in [1.54, 1.807) is 0 Å². The number of hydrogen-bond donors (Lipinski definition) is 3. The van der Waals surface area contributed by atoms with Crippen molar-refractivity contribution in [2.24, 2.45) is 17.8 Å². The molecule has 0 aromatic carbocycles. The Morgan fingerprint density at radius 2 is 0.464 bits per heavy atom. The Morgan fingerprint density at radius 1 is 0.264 bits per heavy atom.